The Morgan fingerprint density at radius 1 is 1.35 bits per heavy atom. The monoisotopic (exact) mass is 245 g/mol. The molecule has 0 aliphatic heterocycles. The summed E-state index contributed by atoms with van der Waals surface area (Å²) in [4.78, 5) is 11.3. The number of carbonyl (C=O) groups is 1. The summed E-state index contributed by atoms with van der Waals surface area (Å²) in [5, 5.41) is 11.7. The molecule has 0 unspecified atom stereocenters. The van der Waals surface area contributed by atoms with Gasteiger partial charge in [-0.2, -0.15) is 0 Å². The number of ether oxygens (including phenoxy) is 1. The molecule has 0 aromatic heterocycles. The highest BCUT2D eigenvalue weighted by atomic mass is 16.5. The molecule has 4 N–H and O–H groups in total. The average molecular weight is 245 g/mol. The molecular weight excluding hydrogens is 220 g/mol. The van der Waals surface area contributed by atoms with Gasteiger partial charge in [-0.15, -0.1) is 0 Å². The predicted molar refractivity (Wildman–Crippen MR) is 65.9 cm³/mol. The Bertz CT molecular complexity index is 260. The highest BCUT2D eigenvalue weighted by molar-refractivity contribution is 6.36. The molecule has 0 heterocycles. The van der Waals surface area contributed by atoms with Crippen molar-refractivity contribution in [2.75, 3.05) is 6.61 Å². The number of hydrogen-bond donors (Lipinski definition) is 2. The molecule has 0 aliphatic rings. The Morgan fingerprint density at radius 3 is 2.35 bits per heavy atom. The first kappa shape index (κ1) is 15.9. The van der Waals surface area contributed by atoms with E-state index in [-0.39, 0.29) is 11.3 Å². The van der Waals surface area contributed by atoms with Crippen LogP contribution in [0.25, 0.3) is 0 Å². The highest BCUT2D eigenvalue weighted by Gasteiger charge is 2.24. The fourth-order valence-corrected chi connectivity index (χ4v) is 1.64. The van der Waals surface area contributed by atoms with Gasteiger partial charge in [-0.25, -0.2) is 4.79 Å². The fourth-order valence-electron chi connectivity index (χ4n) is 1.64. The smallest absolute Gasteiger partial charge is 0.356 e. The molecular formula is C12H25N2O3+. The van der Waals surface area contributed by atoms with Gasteiger partial charge in [0.1, 0.15) is 0 Å². The van der Waals surface area contributed by atoms with Crippen LogP contribution in [-0.4, -0.2) is 29.0 Å². The summed E-state index contributed by atoms with van der Waals surface area (Å²) in [6, 6.07) is 0. The van der Waals surface area contributed by atoms with Crippen LogP contribution in [0.4, 0.5) is 0 Å². The fraction of sp³-hybridized carbons (Fsp3) is 0.833. The summed E-state index contributed by atoms with van der Waals surface area (Å²) >= 11 is 0. The molecule has 0 spiro atoms. The van der Waals surface area contributed by atoms with Crippen molar-refractivity contribution in [1.82, 2.24) is 0 Å². The molecule has 0 saturated heterocycles. The van der Waals surface area contributed by atoms with E-state index in [4.69, 9.17) is 9.94 Å². The van der Waals surface area contributed by atoms with Crippen molar-refractivity contribution >= 4 is 11.7 Å². The number of quaternary nitrogens is 1. The van der Waals surface area contributed by atoms with E-state index in [0.717, 1.165) is 25.7 Å². The Hall–Kier alpha value is -1.10. The van der Waals surface area contributed by atoms with Crippen molar-refractivity contribution in [2.45, 2.75) is 58.4 Å². The Labute approximate surface area is 103 Å². The van der Waals surface area contributed by atoms with Crippen molar-refractivity contribution in [3.05, 3.63) is 0 Å². The van der Waals surface area contributed by atoms with Crippen LogP contribution < -0.4 is 5.73 Å². The van der Waals surface area contributed by atoms with Gasteiger partial charge in [0.15, 0.2) is 5.71 Å². The third-order valence-corrected chi connectivity index (χ3v) is 3.25. The second-order valence-corrected chi connectivity index (χ2v) is 4.33. The molecule has 0 bridgehead atoms. The van der Waals surface area contributed by atoms with Gasteiger partial charge in [-0.05, 0) is 26.2 Å². The minimum atomic E-state index is -0.530. The first-order valence-electron chi connectivity index (χ1n) is 6.26. The summed E-state index contributed by atoms with van der Waals surface area (Å²) in [6.45, 7) is 6.24. The summed E-state index contributed by atoms with van der Waals surface area (Å²) in [5.74, 6) is -0.530. The second-order valence-electron chi connectivity index (χ2n) is 4.33. The first-order chi connectivity index (χ1) is 8.02. The normalized spacial score (nSPS) is 12.6. The van der Waals surface area contributed by atoms with E-state index < -0.39 is 5.97 Å². The third-order valence-electron chi connectivity index (χ3n) is 3.25. The van der Waals surface area contributed by atoms with E-state index in [0.29, 0.717) is 13.0 Å². The maximum atomic E-state index is 11.3. The number of nitrogens with zero attached hydrogens (tertiary/aromatic N) is 1. The van der Waals surface area contributed by atoms with Crippen LogP contribution in [0.15, 0.2) is 5.16 Å². The van der Waals surface area contributed by atoms with Crippen molar-refractivity contribution in [2.24, 2.45) is 5.16 Å². The molecule has 0 atom stereocenters. The number of esters is 1. The SMILES string of the molecule is CCOC(=O)/C(CCCC([NH3+])(CC)CC)=N/O. The summed E-state index contributed by atoms with van der Waals surface area (Å²) in [6.07, 6.45) is 4.15. The molecule has 0 fully saturated rings. The zero-order chi connectivity index (χ0) is 13.3. The van der Waals surface area contributed by atoms with Gasteiger partial charge in [0, 0.05) is 12.8 Å². The van der Waals surface area contributed by atoms with E-state index >= 15 is 0 Å². The van der Waals surface area contributed by atoms with Crippen molar-refractivity contribution in [1.29, 1.82) is 0 Å². The first-order valence-corrected chi connectivity index (χ1v) is 6.26. The lowest BCUT2D eigenvalue weighted by Gasteiger charge is -2.22. The van der Waals surface area contributed by atoms with Crippen LogP contribution in [0.1, 0.15) is 52.9 Å². The zero-order valence-corrected chi connectivity index (χ0v) is 11.2. The minimum absolute atomic E-state index is 0.0647. The van der Waals surface area contributed by atoms with Crippen LogP contribution in [0.3, 0.4) is 0 Å². The standard InChI is InChI=1S/C12H24N2O3/c1-4-12(13,5-2)9-7-8-10(14-16)11(15)17-6-3/h16H,4-9,13H2,1-3H3/p+1/b14-10+. The van der Waals surface area contributed by atoms with E-state index in [1.807, 2.05) is 0 Å². The molecule has 0 aromatic rings. The molecule has 0 saturated carbocycles. The van der Waals surface area contributed by atoms with E-state index in [9.17, 15) is 4.79 Å². The maximum Gasteiger partial charge on any atom is 0.356 e. The lowest BCUT2D eigenvalue weighted by molar-refractivity contribution is -0.481. The lowest BCUT2D eigenvalue weighted by atomic mass is 9.88. The topological polar surface area (TPSA) is 86.5 Å². The molecule has 0 aromatic carbocycles. The number of rotatable bonds is 8. The summed E-state index contributed by atoms with van der Waals surface area (Å²) in [7, 11) is 0. The van der Waals surface area contributed by atoms with Gasteiger partial charge >= 0.3 is 5.97 Å². The highest BCUT2D eigenvalue weighted by Crippen LogP contribution is 2.17. The van der Waals surface area contributed by atoms with Crippen LogP contribution in [-0.2, 0) is 9.53 Å². The minimum Gasteiger partial charge on any atom is -0.461 e. The maximum absolute atomic E-state index is 11.3. The molecule has 0 rings (SSSR count). The van der Waals surface area contributed by atoms with Crippen LogP contribution >= 0.6 is 0 Å². The lowest BCUT2D eigenvalue weighted by Crippen LogP contribution is -2.71. The number of hydrogen-bond acceptors (Lipinski definition) is 4. The average Bonchev–Trinajstić information content (AvgIpc) is 2.34. The second kappa shape index (κ2) is 8.06. The number of carbonyl (C=O) groups excluding carboxylic acids is 1. The molecule has 0 radical (unpaired) electrons. The van der Waals surface area contributed by atoms with Gasteiger partial charge in [0.25, 0.3) is 0 Å². The largest absolute Gasteiger partial charge is 0.461 e. The van der Waals surface area contributed by atoms with Crippen molar-refractivity contribution < 1.29 is 20.5 Å². The van der Waals surface area contributed by atoms with E-state index in [2.05, 4.69) is 24.7 Å². The van der Waals surface area contributed by atoms with E-state index in [1.54, 1.807) is 6.92 Å². The molecule has 100 valence electrons. The third kappa shape index (κ3) is 5.68. The van der Waals surface area contributed by atoms with Gasteiger partial charge in [-0.1, -0.05) is 19.0 Å². The van der Waals surface area contributed by atoms with Crippen LogP contribution in [0.2, 0.25) is 0 Å². The van der Waals surface area contributed by atoms with Gasteiger partial charge in [0.05, 0.1) is 12.1 Å². The van der Waals surface area contributed by atoms with Gasteiger partial charge in [-0.3, -0.25) is 0 Å². The summed E-state index contributed by atoms with van der Waals surface area (Å²) < 4.78 is 4.78. The Kier molecular flexibility index (Phi) is 7.54. The molecule has 0 aliphatic carbocycles. The molecule has 5 nitrogen and oxygen atoms in total. The van der Waals surface area contributed by atoms with Gasteiger partial charge < -0.3 is 15.7 Å². The zero-order valence-electron chi connectivity index (χ0n) is 11.2. The predicted octanol–water partition coefficient (Wildman–Crippen LogP) is 1.35. The summed E-state index contributed by atoms with van der Waals surface area (Å²) in [5.41, 5.74) is 4.36. The van der Waals surface area contributed by atoms with Crippen LogP contribution in [0, 0.1) is 0 Å². The Morgan fingerprint density at radius 2 is 1.94 bits per heavy atom. The van der Waals surface area contributed by atoms with Gasteiger partial charge in [0.2, 0.25) is 0 Å². The molecule has 5 heteroatoms. The van der Waals surface area contributed by atoms with Crippen LogP contribution in [0.5, 0.6) is 0 Å². The number of oxime groups is 1. The molecule has 0 amide bonds. The Balaban J connectivity index is 4.14. The van der Waals surface area contributed by atoms with Crippen molar-refractivity contribution in [3.63, 3.8) is 0 Å². The molecule has 17 heavy (non-hydrogen) atoms. The van der Waals surface area contributed by atoms with E-state index in [1.165, 1.54) is 0 Å². The quantitative estimate of drug-likeness (QED) is 0.293. The van der Waals surface area contributed by atoms with Crippen molar-refractivity contribution in [3.8, 4) is 0 Å².